The monoisotopic (exact) mass is 265 g/mol. The number of rotatable bonds is 3. The minimum absolute atomic E-state index is 0.743. The fraction of sp³-hybridized carbons (Fsp3) is 0.188. The number of hydrogen-bond acceptors (Lipinski definition) is 3. The van der Waals surface area contributed by atoms with E-state index in [-0.39, 0.29) is 0 Å². The van der Waals surface area contributed by atoms with Gasteiger partial charge in [0, 0.05) is 27.6 Å². The number of aromatic nitrogens is 3. The SMILES string of the molecule is CC[n+]1nc(Nc2ccc(C)cc2)c2ccccc2n1. The molecule has 0 fully saturated rings. The summed E-state index contributed by atoms with van der Waals surface area (Å²) in [6.45, 7) is 4.85. The van der Waals surface area contributed by atoms with Crippen LogP contribution in [0.3, 0.4) is 0 Å². The molecule has 3 aromatic rings. The first-order valence-corrected chi connectivity index (χ1v) is 6.77. The molecule has 0 unspecified atom stereocenters. The van der Waals surface area contributed by atoms with Crippen LogP contribution in [-0.2, 0) is 6.54 Å². The van der Waals surface area contributed by atoms with Gasteiger partial charge in [0.25, 0.3) is 0 Å². The van der Waals surface area contributed by atoms with Crippen molar-refractivity contribution >= 4 is 22.4 Å². The summed E-state index contributed by atoms with van der Waals surface area (Å²) in [6, 6.07) is 16.3. The molecule has 4 heteroatoms. The van der Waals surface area contributed by atoms with Gasteiger partial charge in [0.2, 0.25) is 12.4 Å². The predicted molar refractivity (Wildman–Crippen MR) is 79.9 cm³/mol. The van der Waals surface area contributed by atoms with Gasteiger partial charge in [-0.05, 0) is 31.2 Å². The topological polar surface area (TPSA) is 41.7 Å². The zero-order valence-corrected chi connectivity index (χ0v) is 11.7. The molecule has 3 rings (SSSR count). The lowest BCUT2D eigenvalue weighted by Gasteiger charge is -2.06. The molecule has 1 aromatic heterocycles. The molecular weight excluding hydrogens is 248 g/mol. The average molecular weight is 265 g/mol. The lowest BCUT2D eigenvalue weighted by Crippen LogP contribution is -2.41. The Kier molecular flexibility index (Phi) is 3.29. The summed E-state index contributed by atoms with van der Waals surface area (Å²) in [7, 11) is 0. The van der Waals surface area contributed by atoms with E-state index < -0.39 is 0 Å². The second-order valence-corrected chi connectivity index (χ2v) is 4.75. The first-order chi connectivity index (χ1) is 9.76. The molecule has 100 valence electrons. The van der Waals surface area contributed by atoms with E-state index >= 15 is 0 Å². The number of aryl methyl sites for hydroxylation is 2. The summed E-state index contributed by atoms with van der Waals surface area (Å²) in [5, 5.41) is 13.4. The van der Waals surface area contributed by atoms with Crippen LogP contribution in [0.15, 0.2) is 48.5 Å². The zero-order valence-electron chi connectivity index (χ0n) is 11.7. The van der Waals surface area contributed by atoms with Crippen LogP contribution in [0.1, 0.15) is 12.5 Å². The summed E-state index contributed by atoms with van der Waals surface area (Å²) in [5.74, 6) is 0.835. The molecular formula is C16H17N4+. The highest BCUT2D eigenvalue weighted by molar-refractivity contribution is 5.89. The van der Waals surface area contributed by atoms with Crippen LogP contribution in [0, 0.1) is 6.92 Å². The van der Waals surface area contributed by atoms with E-state index in [0.717, 1.165) is 29.0 Å². The fourth-order valence-electron chi connectivity index (χ4n) is 2.08. The van der Waals surface area contributed by atoms with E-state index in [9.17, 15) is 0 Å². The molecule has 4 nitrogen and oxygen atoms in total. The Balaban J connectivity index is 2.07. The van der Waals surface area contributed by atoms with Gasteiger partial charge in [-0.3, -0.25) is 0 Å². The second-order valence-electron chi connectivity index (χ2n) is 4.75. The molecule has 0 aliphatic heterocycles. The number of nitrogens with zero attached hydrogens (tertiary/aromatic N) is 3. The van der Waals surface area contributed by atoms with Gasteiger partial charge in [-0.1, -0.05) is 29.8 Å². The van der Waals surface area contributed by atoms with E-state index in [1.165, 1.54) is 5.56 Å². The minimum atomic E-state index is 0.743. The first-order valence-electron chi connectivity index (χ1n) is 6.77. The molecule has 0 aliphatic carbocycles. The molecule has 0 radical (unpaired) electrons. The maximum Gasteiger partial charge on any atom is 0.210 e. The van der Waals surface area contributed by atoms with Crippen molar-refractivity contribution in [2.24, 2.45) is 0 Å². The van der Waals surface area contributed by atoms with Crippen molar-refractivity contribution in [3.8, 4) is 0 Å². The number of benzene rings is 2. The van der Waals surface area contributed by atoms with E-state index in [2.05, 4.69) is 46.7 Å². The Bertz CT molecular complexity index is 735. The summed E-state index contributed by atoms with van der Waals surface area (Å²) in [4.78, 5) is 1.71. The summed E-state index contributed by atoms with van der Waals surface area (Å²) < 4.78 is 0. The van der Waals surface area contributed by atoms with E-state index in [1.807, 2.05) is 31.2 Å². The van der Waals surface area contributed by atoms with E-state index in [0.29, 0.717) is 0 Å². The molecule has 0 aliphatic rings. The Morgan fingerprint density at radius 1 is 1.00 bits per heavy atom. The van der Waals surface area contributed by atoms with Gasteiger partial charge in [0.15, 0.2) is 0 Å². The number of nitrogens with one attached hydrogen (secondary N) is 1. The highest BCUT2D eigenvalue weighted by Crippen LogP contribution is 2.21. The fourth-order valence-corrected chi connectivity index (χ4v) is 2.08. The molecule has 1 heterocycles. The maximum atomic E-state index is 4.53. The minimum Gasteiger partial charge on any atom is -0.335 e. The van der Waals surface area contributed by atoms with Crippen LogP contribution in [0.25, 0.3) is 10.9 Å². The van der Waals surface area contributed by atoms with Gasteiger partial charge in [-0.2, -0.15) is 0 Å². The van der Waals surface area contributed by atoms with Crippen molar-refractivity contribution in [2.75, 3.05) is 5.32 Å². The Labute approximate surface area is 118 Å². The highest BCUT2D eigenvalue weighted by Gasteiger charge is 2.12. The van der Waals surface area contributed by atoms with Gasteiger partial charge >= 0.3 is 0 Å². The molecule has 0 saturated heterocycles. The van der Waals surface area contributed by atoms with Gasteiger partial charge in [0.05, 0.1) is 5.39 Å². The lowest BCUT2D eigenvalue weighted by atomic mass is 10.2. The number of anilines is 2. The maximum absolute atomic E-state index is 4.53. The van der Waals surface area contributed by atoms with Crippen LogP contribution in [0.2, 0.25) is 0 Å². The molecule has 0 amide bonds. The van der Waals surface area contributed by atoms with Gasteiger partial charge < -0.3 is 5.32 Å². The second kappa shape index (κ2) is 5.25. The lowest BCUT2D eigenvalue weighted by molar-refractivity contribution is -0.801. The average Bonchev–Trinajstić information content (AvgIpc) is 2.49. The van der Waals surface area contributed by atoms with Gasteiger partial charge in [0.1, 0.15) is 5.52 Å². The van der Waals surface area contributed by atoms with Gasteiger partial charge in [-0.15, -0.1) is 0 Å². The van der Waals surface area contributed by atoms with Gasteiger partial charge in [-0.25, -0.2) is 0 Å². The Morgan fingerprint density at radius 3 is 2.50 bits per heavy atom. The molecule has 2 aromatic carbocycles. The van der Waals surface area contributed by atoms with Crippen molar-refractivity contribution in [1.29, 1.82) is 0 Å². The zero-order chi connectivity index (χ0) is 13.9. The van der Waals surface area contributed by atoms with Crippen LogP contribution in [-0.4, -0.2) is 10.2 Å². The third-order valence-electron chi connectivity index (χ3n) is 3.19. The first kappa shape index (κ1) is 12.5. The van der Waals surface area contributed by atoms with Crippen LogP contribution in [0.4, 0.5) is 11.5 Å². The standard InChI is InChI=1S/C16H17N4/c1-3-20-18-15-7-5-4-6-14(15)16(19-20)17-13-10-8-12(2)9-11-13/h4-11H,3H2,1-2H3,(H,17,18,19)/q+1. The predicted octanol–water partition coefficient (Wildman–Crippen LogP) is 2.99. The van der Waals surface area contributed by atoms with Crippen LogP contribution < -0.4 is 10.1 Å². The highest BCUT2D eigenvalue weighted by atomic mass is 15.5. The molecule has 0 saturated carbocycles. The summed E-state index contributed by atoms with van der Waals surface area (Å²) >= 11 is 0. The van der Waals surface area contributed by atoms with Crippen LogP contribution in [0.5, 0.6) is 0 Å². The molecule has 0 bridgehead atoms. The summed E-state index contributed by atoms with van der Waals surface area (Å²) in [6.07, 6.45) is 0. The van der Waals surface area contributed by atoms with Crippen molar-refractivity contribution in [3.63, 3.8) is 0 Å². The molecule has 20 heavy (non-hydrogen) atoms. The third-order valence-corrected chi connectivity index (χ3v) is 3.19. The van der Waals surface area contributed by atoms with Crippen molar-refractivity contribution in [1.82, 2.24) is 10.2 Å². The normalized spacial score (nSPS) is 10.7. The summed E-state index contributed by atoms with van der Waals surface area (Å²) in [5.41, 5.74) is 3.22. The smallest absolute Gasteiger partial charge is 0.210 e. The van der Waals surface area contributed by atoms with Crippen molar-refractivity contribution in [3.05, 3.63) is 54.1 Å². The number of hydrogen-bond donors (Lipinski definition) is 1. The van der Waals surface area contributed by atoms with E-state index in [4.69, 9.17) is 0 Å². The Morgan fingerprint density at radius 2 is 1.75 bits per heavy atom. The van der Waals surface area contributed by atoms with Crippen LogP contribution >= 0.6 is 0 Å². The van der Waals surface area contributed by atoms with Crippen molar-refractivity contribution in [2.45, 2.75) is 20.4 Å². The quantitative estimate of drug-likeness (QED) is 0.740. The molecule has 0 atom stereocenters. The van der Waals surface area contributed by atoms with Crippen molar-refractivity contribution < 1.29 is 4.80 Å². The Hall–Kier alpha value is -2.49. The molecule has 0 spiro atoms. The number of fused-ring (bicyclic) bond motifs is 1. The van der Waals surface area contributed by atoms with E-state index in [1.54, 1.807) is 4.80 Å². The third kappa shape index (κ3) is 2.45. The molecule has 1 N–H and O–H groups in total. The largest absolute Gasteiger partial charge is 0.335 e.